The molecule has 0 amide bonds. The van der Waals surface area contributed by atoms with E-state index in [1.165, 1.54) is 37.8 Å². The van der Waals surface area contributed by atoms with Crippen LogP contribution in [0.5, 0.6) is 0 Å². The van der Waals surface area contributed by atoms with Crippen molar-refractivity contribution in [2.45, 2.75) is 38.3 Å². The molecule has 2 aromatic rings. The van der Waals surface area contributed by atoms with Gasteiger partial charge in [0.25, 0.3) is 0 Å². The third-order valence-electron chi connectivity index (χ3n) is 5.14. The van der Waals surface area contributed by atoms with Crippen molar-refractivity contribution in [1.29, 1.82) is 0 Å². The lowest BCUT2D eigenvalue weighted by Crippen LogP contribution is -2.46. The lowest BCUT2D eigenvalue weighted by atomic mass is 9.80. The van der Waals surface area contributed by atoms with Gasteiger partial charge in [0.15, 0.2) is 0 Å². The van der Waals surface area contributed by atoms with E-state index in [1.54, 1.807) is 11.1 Å². The molecule has 0 saturated carbocycles. The molecule has 21 heavy (non-hydrogen) atoms. The second-order valence-corrected chi connectivity index (χ2v) is 6.73. The largest absolute Gasteiger partial charge is 0.295 e. The van der Waals surface area contributed by atoms with Crippen molar-refractivity contribution < 1.29 is 0 Å². The average Bonchev–Trinajstić information content (AvgIpc) is 2.85. The number of fused-ring (bicyclic) bond motifs is 2. The number of hydrogen-bond donors (Lipinski definition) is 0. The normalized spacial score (nSPS) is 25.4. The number of hydrogen-bond acceptors (Lipinski definition) is 2. The van der Waals surface area contributed by atoms with Crippen LogP contribution in [0.1, 0.15) is 29.5 Å². The zero-order chi connectivity index (χ0) is 14.2. The summed E-state index contributed by atoms with van der Waals surface area (Å²) in [5.74, 6) is 0.819. The molecule has 1 aromatic heterocycles. The highest BCUT2D eigenvalue weighted by molar-refractivity contribution is 5.30. The molecule has 1 fully saturated rings. The van der Waals surface area contributed by atoms with E-state index >= 15 is 0 Å². The molecule has 2 bridgehead atoms. The SMILES string of the molecule is Cn1cc(CN2C[C@H]3CC[C@@H]2Cc2ccccc2C3)cn1. The lowest BCUT2D eigenvalue weighted by molar-refractivity contribution is 0.0938. The first kappa shape index (κ1) is 13.1. The molecule has 0 N–H and O–H groups in total. The van der Waals surface area contributed by atoms with Gasteiger partial charge in [0.05, 0.1) is 6.20 Å². The van der Waals surface area contributed by atoms with E-state index < -0.39 is 0 Å². The van der Waals surface area contributed by atoms with E-state index in [-0.39, 0.29) is 0 Å². The van der Waals surface area contributed by atoms with Crippen LogP contribution in [0, 0.1) is 5.92 Å². The Kier molecular flexibility index (Phi) is 3.30. The summed E-state index contributed by atoms with van der Waals surface area (Å²) >= 11 is 0. The summed E-state index contributed by atoms with van der Waals surface area (Å²) in [6.07, 6.45) is 9.37. The van der Waals surface area contributed by atoms with Crippen LogP contribution in [0.25, 0.3) is 0 Å². The fourth-order valence-corrected chi connectivity index (χ4v) is 4.08. The summed E-state index contributed by atoms with van der Waals surface area (Å²) in [6.45, 7) is 2.30. The van der Waals surface area contributed by atoms with Crippen molar-refractivity contribution in [2.75, 3.05) is 6.54 Å². The summed E-state index contributed by atoms with van der Waals surface area (Å²) in [7, 11) is 2.00. The Morgan fingerprint density at radius 2 is 1.95 bits per heavy atom. The van der Waals surface area contributed by atoms with Crippen LogP contribution in [-0.2, 0) is 26.4 Å². The fraction of sp³-hybridized carbons (Fsp3) is 0.500. The van der Waals surface area contributed by atoms with Crippen LogP contribution in [-0.4, -0.2) is 27.3 Å². The van der Waals surface area contributed by atoms with E-state index in [0.717, 1.165) is 12.5 Å². The zero-order valence-electron chi connectivity index (χ0n) is 12.7. The summed E-state index contributed by atoms with van der Waals surface area (Å²) in [6, 6.07) is 9.75. The second-order valence-electron chi connectivity index (χ2n) is 6.73. The summed E-state index contributed by atoms with van der Waals surface area (Å²) < 4.78 is 1.91. The first-order valence-corrected chi connectivity index (χ1v) is 8.06. The standard InChI is InChI=1S/C18H23N3/c1-20-11-15(10-19-20)13-21-12-14-6-7-18(21)9-17-5-3-2-4-16(17)8-14/h2-5,10-11,14,18H,6-9,12-13H2,1H3/t14-,18+/m0/s1. The Labute approximate surface area is 126 Å². The topological polar surface area (TPSA) is 21.1 Å². The van der Waals surface area contributed by atoms with Gasteiger partial charge in [-0.05, 0) is 42.7 Å². The maximum Gasteiger partial charge on any atom is 0.0534 e. The molecule has 3 aliphatic rings. The fourth-order valence-electron chi connectivity index (χ4n) is 4.08. The van der Waals surface area contributed by atoms with E-state index in [4.69, 9.17) is 0 Å². The molecule has 3 heteroatoms. The van der Waals surface area contributed by atoms with Gasteiger partial charge in [-0.1, -0.05) is 24.3 Å². The third kappa shape index (κ3) is 2.62. The van der Waals surface area contributed by atoms with Gasteiger partial charge >= 0.3 is 0 Å². The van der Waals surface area contributed by atoms with Gasteiger partial charge in [-0.25, -0.2) is 0 Å². The predicted octanol–water partition coefficient (Wildman–Crippen LogP) is 2.80. The Hall–Kier alpha value is -1.61. The third-order valence-corrected chi connectivity index (χ3v) is 5.14. The van der Waals surface area contributed by atoms with Crippen molar-refractivity contribution in [2.24, 2.45) is 13.0 Å². The highest BCUT2D eigenvalue weighted by Gasteiger charge is 2.31. The first-order valence-electron chi connectivity index (χ1n) is 8.06. The van der Waals surface area contributed by atoms with Crippen molar-refractivity contribution in [3.63, 3.8) is 0 Å². The maximum atomic E-state index is 4.31. The maximum absolute atomic E-state index is 4.31. The Morgan fingerprint density at radius 1 is 1.14 bits per heavy atom. The first-order chi connectivity index (χ1) is 10.3. The van der Waals surface area contributed by atoms with E-state index in [0.29, 0.717) is 6.04 Å². The molecular formula is C18H23N3. The summed E-state index contributed by atoms with van der Waals surface area (Å²) in [5.41, 5.74) is 4.51. The van der Waals surface area contributed by atoms with Crippen molar-refractivity contribution in [3.05, 3.63) is 53.3 Å². The Bertz CT molecular complexity index is 631. The van der Waals surface area contributed by atoms with Crippen molar-refractivity contribution in [3.8, 4) is 0 Å². The average molecular weight is 281 g/mol. The van der Waals surface area contributed by atoms with E-state index in [1.807, 2.05) is 17.9 Å². The quantitative estimate of drug-likeness (QED) is 0.844. The molecule has 2 atom stereocenters. The van der Waals surface area contributed by atoms with Crippen LogP contribution in [0.15, 0.2) is 36.7 Å². The highest BCUT2D eigenvalue weighted by atomic mass is 15.2. The molecular weight excluding hydrogens is 258 g/mol. The van der Waals surface area contributed by atoms with Crippen molar-refractivity contribution >= 4 is 0 Å². The van der Waals surface area contributed by atoms with Gasteiger partial charge in [-0.3, -0.25) is 9.58 Å². The molecule has 2 aliphatic heterocycles. The monoisotopic (exact) mass is 281 g/mol. The van der Waals surface area contributed by atoms with E-state index in [9.17, 15) is 0 Å². The minimum absolute atomic E-state index is 0.697. The summed E-state index contributed by atoms with van der Waals surface area (Å²) in [5, 5.41) is 4.31. The molecule has 0 radical (unpaired) electrons. The van der Waals surface area contributed by atoms with Gasteiger partial charge in [0.2, 0.25) is 0 Å². The number of piperidine rings is 1. The Morgan fingerprint density at radius 3 is 2.71 bits per heavy atom. The molecule has 3 heterocycles. The van der Waals surface area contributed by atoms with Crippen LogP contribution in [0.4, 0.5) is 0 Å². The second kappa shape index (κ2) is 5.30. The highest BCUT2D eigenvalue weighted by Crippen LogP contribution is 2.32. The molecule has 1 aliphatic carbocycles. The number of benzene rings is 1. The molecule has 0 unspecified atom stereocenters. The van der Waals surface area contributed by atoms with Crippen LogP contribution < -0.4 is 0 Å². The van der Waals surface area contributed by atoms with Gasteiger partial charge in [-0.15, -0.1) is 0 Å². The number of aromatic nitrogens is 2. The number of nitrogens with zero attached hydrogens (tertiary/aromatic N) is 3. The summed E-state index contributed by atoms with van der Waals surface area (Å²) in [4.78, 5) is 2.70. The van der Waals surface area contributed by atoms with Gasteiger partial charge in [0.1, 0.15) is 0 Å². The van der Waals surface area contributed by atoms with E-state index in [2.05, 4.69) is 40.5 Å². The van der Waals surface area contributed by atoms with Gasteiger partial charge in [0, 0.05) is 37.9 Å². The predicted molar refractivity (Wildman–Crippen MR) is 84.0 cm³/mol. The number of rotatable bonds is 2. The molecule has 3 nitrogen and oxygen atoms in total. The van der Waals surface area contributed by atoms with Crippen molar-refractivity contribution in [1.82, 2.24) is 14.7 Å². The lowest BCUT2D eigenvalue weighted by Gasteiger charge is -2.42. The molecule has 0 spiro atoms. The zero-order valence-corrected chi connectivity index (χ0v) is 12.7. The Balaban J connectivity index is 1.58. The van der Waals surface area contributed by atoms with Gasteiger partial charge in [-0.2, -0.15) is 5.10 Å². The minimum Gasteiger partial charge on any atom is -0.295 e. The molecule has 1 aromatic carbocycles. The molecule has 110 valence electrons. The van der Waals surface area contributed by atoms with Crippen LogP contribution in [0.3, 0.4) is 0 Å². The molecule has 1 saturated heterocycles. The van der Waals surface area contributed by atoms with Gasteiger partial charge < -0.3 is 0 Å². The number of aryl methyl sites for hydroxylation is 1. The minimum atomic E-state index is 0.697. The van der Waals surface area contributed by atoms with Crippen LogP contribution >= 0.6 is 0 Å². The van der Waals surface area contributed by atoms with Crippen LogP contribution in [0.2, 0.25) is 0 Å². The smallest absolute Gasteiger partial charge is 0.0534 e. The molecule has 5 rings (SSSR count).